The first-order chi connectivity index (χ1) is 13.0. The van der Waals surface area contributed by atoms with Crippen molar-refractivity contribution >= 4 is 17.8 Å². The van der Waals surface area contributed by atoms with E-state index in [9.17, 15) is 14.4 Å². The monoisotopic (exact) mass is 367 g/mol. The molecular weight excluding hydrogens is 346 g/mol. The fourth-order valence-electron chi connectivity index (χ4n) is 2.84. The van der Waals surface area contributed by atoms with Gasteiger partial charge < -0.3 is 14.8 Å². The number of benzene rings is 2. The van der Waals surface area contributed by atoms with Gasteiger partial charge in [-0.1, -0.05) is 48.0 Å². The van der Waals surface area contributed by atoms with Crippen LogP contribution in [0.1, 0.15) is 40.4 Å². The van der Waals surface area contributed by atoms with Crippen LogP contribution < -0.4 is 5.32 Å². The van der Waals surface area contributed by atoms with Gasteiger partial charge in [-0.25, -0.2) is 4.79 Å². The fraction of sp³-hybridized carbons (Fsp3) is 0.286. The van der Waals surface area contributed by atoms with Crippen LogP contribution in [0.4, 0.5) is 0 Å². The van der Waals surface area contributed by atoms with E-state index in [1.165, 1.54) is 0 Å². The Hall–Kier alpha value is -3.15. The number of ether oxygens (including phenoxy) is 2. The van der Waals surface area contributed by atoms with Crippen LogP contribution in [-0.4, -0.2) is 30.6 Å². The zero-order valence-electron chi connectivity index (χ0n) is 15.0. The molecule has 1 amide bonds. The standard InChI is InChI=1S/C21H21NO5/c1-14-7-9-16(10-8-14)20(24)22-17(15-5-3-2-4-6-15)13-19(23)27-18-11-12-26-21(18)25/h2-10,17-18H,11-13H2,1H3,(H,22,24). The maximum atomic E-state index is 12.6. The van der Waals surface area contributed by atoms with E-state index in [1.54, 1.807) is 12.1 Å². The molecule has 1 aliphatic rings. The van der Waals surface area contributed by atoms with Crippen molar-refractivity contribution in [1.82, 2.24) is 5.32 Å². The van der Waals surface area contributed by atoms with E-state index in [-0.39, 0.29) is 18.9 Å². The molecule has 0 aliphatic carbocycles. The molecule has 2 aromatic carbocycles. The molecule has 1 N–H and O–H groups in total. The number of aryl methyl sites for hydroxylation is 1. The van der Waals surface area contributed by atoms with Gasteiger partial charge in [0.2, 0.25) is 6.10 Å². The quantitative estimate of drug-likeness (QED) is 0.794. The lowest BCUT2D eigenvalue weighted by Crippen LogP contribution is -2.32. The number of hydrogen-bond acceptors (Lipinski definition) is 5. The molecule has 0 bridgehead atoms. The summed E-state index contributed by atoms with van der Waals surface area (Å²) in [6.07, 6.45) is -0.580. The van der Waals surface area contributed by atoms with E-state index in [0.29, 0.717) is 12.0 Å². The van der Waals surface area contributed by atoms with Gasteiger partial charge in [-0.15, -0.1) is 0 Å². The minimum Gasteiger partial charge on any atom is -0.463 e. The molecule has 6 heteroatoms. The Bertz CT molecular complexity index is 816. The molecule has 0 saturated carbocycles. The number of nitrogens with one attached hydrogen (secondary N) is 1. The highest BCUT2D eigenvalue weighted by atomic mass is 16.6. The van der Waals surface area contributed by atoms with Crippen LogP contribution in [0.15, 0.2) is 54.6 Å². The highest BCUT2D eigenvalue weighted by Gasteiger charge is 2.31. The normalized spacial score (nSPS) is 17.1. The lowest BCUT2D eigenvalue weighted by atomic mass is 10.0. The van der Waals surface area contributed by atoms with Gasteiger partial charge in [-0.3, -0.25) is 9.59 Å². The minimum atomic E-state index is -0.860. The largest absolute Gasteiger partial charge is 0.463 e. The molecule has 0 radical (unpaired) electrons. The van der Waals surface area contributed by atoms with Crippen LogP contribution >= 0.6 is 0 Å². The van der Waals surface area contributed by atoms with E-state index in [0.717, 1.165) is 11.1 Å². The van der Waals surface area contributed by atoms with Gasteiger partial charge in [0.05, 0.1) is 19.1 Å². The molecule has 6 nitrogen and oxygen atoms in total. The SMILES string of the molecule is Cc1ccc(C(=O)NC(CC(=O)OC2CCOC2=O)c2ccccc2)cc1. The molecule has 1 heterocycles. The first-order valence-corrected chi connectivity index (χ1v) is 8.81. The Morgan fingerprint density at radius 3 is 2.48 bits per heavy atom. The maximum Gasteiger partial charge on any atom is 0.347 e. The summed E-state index contributed by atoms with van der Waals surface area (Å²) in [7, 11) is 0. The summed E-state index contributed by atoms with van der Waals surface area (Å²) in [5.74, 6) is -1.36. The van der Waals surface area contributed by atoms with Crippen molar-refractivity contribution < 1.29 is 23.9 Å². The summed E-state index contributed by atoms with van der Waals surface area (Å²) < 4.78 is 10.0. The molecule has 0 aromatic heterocycles. The van der Waals surface area contributed by atoms with Gasteiger partial charge in [-0.05, 0) is 24.6 Å². The fourth-order valence-corrected chi connectivity index (χ4v) is 2.84. The molecule has 2 unspecified atom stereocenters. The average molecular weight is 367 g/mol. The van der Waals surface area contributed by atoms with Crippen LogP contribution in [0.2, 0.25) is 0 Å². The van der Waals surface area contributed by atoms with E-state index >= 15 is 0 Å². The van der Waals surface area contributed by atoms with E-state index in [4.69, 9.17) is 9.47 Å². The summed E-state index contributed by atoms with van der Waals surface area (Å²) in [4.78, 5) is 36.4. The van der Waals surface area contributed by atoms with Crippen LogP contribution in [-0.2, 0) is 19.1 Å². The van der Waals surface area contributed by atoms with Crippen molar-refractivity contribution in [2.45, 2.75) is 31.9 Å². The second-order valence-corrected chi connectivity index (χ2v) is 6.44. The summed E-state index contributed by atoms with van der Waals surface area (Å²) in [6, 6.07) is 15.8. The average Bonchev–Trinajstić information content (AvgIpc) is 3.07. The van der Waals surface area contributed by atoms with Crippen molar-refractivity contribution in [2.75, 3.05) is 6.61 Å². The first-order valence-electron chi connectivity index (χ1n) is 8.81. The molecule has 27 heavy (non-hydrogen) atoms. The maximum absolute atomic E-state index is 12.6. The Balaban J connectivity index is 1.71. The Labute approximate surface area is 157 Å². The van der Waals surface area contributed by atoms with Crippen molar-refractivity contribution in [1.29, 1.82) is 0 Å². The van der Waals surface area contributed by atoms with Crippen molar-refractivity contribution in [3.63, 3.8) is 0 Å². The van der Waals surface area contributed by atoms with Gasteiger partial charge in [0.25, 0.3) is 5.91 Å². The number of cyclic esters (lactones) is 1. The Morgan fingerprint density at radius 1 is 1.15 bits per heavy atom. The predicted octanol–water partition coefficient (Wildman–Crippen LogP) is 2.71. The first kappa shape index (κ1) is 18.6. The van der Waals surface area contributed by atoms with Gasteiger partial charge in [0, 0.05) is 12.0 Å². The number of hydrogen-bond donors (Lipinski definition) is 1. The van der Waals surface area contributed by atoms with Gasteiger partial charge in [-0.2, -0.15) is 0 Å². The third-order valence-electron chi connectivity index (χ3n) is 4.35. The van der Waals surface area contributed by atoms with Gasteiger partial charge in [0.15, 0.2) is 0 Å². The van der Waals surface area contributed by atoms with Crippen molar-refractivity contribution in [3.05, 3.63) is 71.3 Å². The predicted molar refractivity (Wildman–Crippen MR) is 97.9 cm³/mol. The topological polar surface area (TPSA) is 81.7 Å². The second kappa shape index (κ2) is 8.49. The molecule has 3 rings (SSSR count). The number of amides is 1. The van der Waals surface area contributed by atoms with E-state index < -0.39 is 24.1 Å². The molecule has 0 spiro atoms. The Morgan fingerprint density at radius 2 is 1.85 bits per heavy atom. The molecule has 1 fully saturated rings. The number of rotatable bonds is 6. The van der Waals surface area contributed by atoms with Crippen molar-refractivity contribution in [2.24, 2.45) is 0 Å². The molecule has 1 saturated heterocycles. The zero-order chi connectivity index (χ0) is 19.2. The lowest BCUT2D eigenvalue weighted by molar-refractivity contribution is -0.160. The summed E-state index contributed by atoms with van der Waals surface area (Å²) in [5, 5.41) is 2.88. The molecule has 2 atom stereocenters. The van der Waals surface area contributed by atoms with Gasteiger partial charge >= 0.3 is 11.9 Å². The summed E-state index contributed by atoms with van der Waals surface area (Å²) in [6.45, 7) is 2.20. The zero-order valence-corrected chi connectivity index (χ0v) is 15.0. The molecule has 1 aliphatic heterocycles. The number of esters is 2. The highest BCUT2D eigenvalue weighted by Crippen LogP contribution is 2.20. The van der Waals surface area contributed by atoms with E-state index in [1.807, 2.05) is 49.4 Å². The molecule has 2 aromatic rings. The lowest BCUT2D eigenvalue weighted by Gasteiger charge is -2.19. The van der Waals surface area contributed by atoms with Crippen LogP contribution in [0.3, 0.4) is 0 Å². The minimum absolute atomic E-state index is 0.0780. The summed E-state index contributed by atoms with van der Waals surface area (Å²) >= 11 is 0. The van der Waals surface area contributed by atoms with Crippen LogP contribution in [0.5, 0.6) is 0 Å². The van der Waals surface area contributed by atoms with Crippen molar-refractivity contribution in [3.8, 4) is 0 Å². The van der Waals surface area contributed by atoms with Gasteiger partial charge in [0.1, 0.15) is 0 Å². The molecule has 140 valence electrons. The summed E-state index contributed by atoms with van der Waals surface area (Å²) in [5.41, 5.74) is 2.34. The number of carbonyl (C=O) groups excluding carboxylic acids is 3. The third-order valence-corrected chi connectivity index (χ3v) is 4.35. The van der Waals surface area contributed by atoms with E-state index in [2.05, 4.69) is 5.32 Å². The number of carbonyl (C=O) groups is 3. The highest BCUT2D eigenvalue weighted by molar-refractivity contribution is 5.94. The Kier molecular flexibility index (Phi) is 5.86. The molecular formula is C21H21NO5. The third kappa shape index (κ3) is 4.94. The van der Waals surface area contributed by atoms with Crippen LogP contribution in [0, 0.1) is 6.92 Å². The van der Waals surface area contributed by atoms with Crippen LogP contribution in [0.25, 0.3) is 0 Å². The smallest absolute Gasteiger partial charge is 0.347 e. The second-order valence-electron chi connectivity index (χ2n) is 6.44.